The normalized spacial score (nSPS) is 27.0. The van der Waals surface area contributed by atoms with Crippen molar-refractivity contribution in [2.75, 3.05) is 25.0 Å². The van der Waals surface area contributed by atoms with Crippen molar-refractivity contribution in [1.29, 1.82) is 0 Å². The molecule has 2 aromatic rings. The van der Waals surface area contributed by atoms with Crippen molar-refractivity contribution in [2.24, 2.45) is 7.05 Å². The molecule has 7 heteroatoms. The van der Waals surface area contributed by atoms with Crippen molar-refractivity contribution in [2.45, 2.75) is 44.4 Å². The maximum absolute atomic E-state index is 6.29. The van der Waals surface area contributed by atoms with Crippen LogP contribution in [0.25, 0.3) is 0 Å². The molecule has 2 aliphatic rings. The summed E-state index contributed by atoms with van der Waals surface area (Å²) < 4.78 is 8.38. The number of rotatable bonds is 4. The van der Waals surface area contributed by atoms with Gasteiger partial charge in [-0.05, 0) is 38.4 Å². The predicted octanol–water partition coefficient (Wildman–Crippen LogP) is 1.75. The average Bonchev–Trinajstić information content (AvgIpc) is 3.17. The van der Waals surface area contributed by atoms with Gasteiger partial charge in [0, 0.05) is 32.4 Å². The lowest BCUT2D eigenvalue weighted by atomic mass is 9.88. The average molecular weight is 342 g/mol. The van der Waals surface area contributed by atoms with Gasteiger partial charge in [-0.1, -0.05) is 0 Å². The van der Waals surface area contributed by atoms with E-state index in [4.69, 9.17) is 4.74 Å². The van der Waals surface area contributed by atoms with Gasteiger partial charge >= 0.3 is 0 Å². The number of anilines is 1. The highest BCUT2D eigenvalue weighted by Crippen LogP contribution is 2.36. The second-order valence-electron chi connectivity index (χ2n) is 7.37. The maximum atomic E-state index is 6.29. The van der Waals surface area contributed by atoms with E-state index in [2.05, 4.69) is 37.0 Å². The van der Waals surface area contributed by atoms with Gasteiger partial charge in [-0.2, -0.15) is 5.10 Å². The Morgan fingerprint density at radius 1 is 1.36 bits per heavy atom. The number of nitrogens with one attached hydrogen (secondary N) is 1. The third-order valence-electron chi connectivity index (χ3n) is 5.26. The van der Waals surface area contributed by atoms with Crippen LogP contribution in [0.15, 0.2) is 24.5 Å². The van der Waals surface area contributed by atoms with Gasteiger partial charge in [-0.15, -0.1) is 5.10 Å². The molecule has 2 aliphatic heterocycles. The largest absolute Gasteiger partial charge is 0.371 e. The predicted molar refractivity (Wildman–Crippen MR) is 95.2 cm³/mol. The summed E-state index contributed by atoms with van der Waals surface area (Å²) in [5.41, 5.74) is 0.890. The number of piperidine rings is 1. The summed E-state index contributed by atoms with van der Waals surface area (Å²) in [7, 11) is 2.05. The molecule has 2 saturated heterocycles. The van der Waals surface area contributed by atoms with Crippen molar-refractivity contribution >= 4 is 5.82 Å². The lowest BCUT2D eigenvalue weighted by Gasteiger charge is -2.39. The van der Waals surface area contributed by atoms with Crippen LogP contribution in [0, 0.1) is 6.92 Å². The third kappa shape index (κ3) is 3.67. The van der Waals surface area contributed by atoms with Gasteiger partial charge in [-0.25, -0.2) is 4.98 Å². The van der Waals surface area contributed by atoms with Gasteiger partial charge < -0.3 is 14.6 Å². The second kappa shape index (κ2) is 6.72. The molecule has 0 aromatic carbocycles. The van der Waals surface area contributed by atoms with E-state index >= 15 is 0 Å². The zero-order chi connectivity index (χ0) is 17.3. The van der Waals surface area contributed by atoms with E-state index in [0.717, 1.165) is 56.4 Å². The highest BCUT2D eigenvalue weighted by Gasteiger charge is 2.43. The Kier molecular flexibility index (Phi) is 4.43. The summed E-state index contributed by atoms with van der Waals surface area (Å²) in [5.74, 6) is 1.94. The Bertz CT molecular complexity index is 715. The maximum Gasteiger partial charge on any atom is 0.148 e. The first-order valence-corrected chi connectivity index (χ1v) is 9.01. The molecule has 134 valence electrons. The molecule has 2 fully saturated rings. The smallest absolute Gasteiger partial charge is 0.148 e. The fourth-order valence-electron chi connectivity index (χ4n) is 3.98. The zero-order valence-electron chi connectivity index (χ0n) is 15.0. The highest BCUT2D eigenvalue weighted by molar-refractivity contribution is 5.34. The standard InChI is InChI=1S/C18H26N6O/c1-14-4-5-16(22-21-14)20-15-10-18(25-12-15)6-3-8-24(13-18)11-17-19-7-9-23(17)2/h4-5,7,9,15H,3,6,8,10-13H2,1-2H3,(H,20,22)/t15-,18-/m1/s1. The van der Waals surface area contributed by atoms with Crippen LogP contribution in [0.5, 0.6) is 0 Å². The van der Waals surface area contributed by atoms with Gasteiger partial charge in [0.1, 0.15) is 11.6 Å². The van der Waals surface area contributed by atoms with Gasteiger partial charge in [0.05, 0.1) is 30.5 Å². The van der Waals surface area contributed by atoms with Crippen LogP contribution in [-0.2, 0) is 18.3 Å². The lowest BCUT2D eigenvalue weighted by Crippen LogP contribution is -2.48. The number of imidazole rings is 1. The van der Waals surface area contributed by atoms with Crippen molar-refractivity contribution < 1.29 is 4.74 Å². The number of hydrogen-bond donors (Lipinski definition) is 1. The molecule has 7 nitrogen and oxygen atoms in total. The first kappa shape index (κ1) is 16.5. The summed E-state index contributed by atoms with van der Waals surface area (Å²) in [6.45, 7) is 5.64. The Morgan fingerprint density at radius 2 is 2.28 bits per heavy atom. The van der Waals surface area contributed by atoms with Gasteiger partial charge in [0.2, 0.25) is 0 Å². The Balaban J connectivity index is 1.37. The van der Waals surface area contributed by atoms with Crippen LogP contribution in [0.2, 0.25) is 0 Å². The van der Waals surface area contributed by atoms with Crippen molar-refractivity contribution in [3.05, 3.63) is 36.0 Å². The fraction of sp³-hybridized carbons (Fsp3) is 0.611. The van der Waals surface area contributed by atoms with Crippen LogP contribution in [0.3, 0.4) is 0 Å². The molecule has 25 heavy (non-hydrogen) atoms. The number of aryl methyl sites for hydroxylation is 2. The van der Waals surface area contributed by atoms with E-state index in [1.165, 1.54) is 6.42 Å². The number of aromatic nitrogens is 4. The quantitative estimate of drug-likeness (QED) is 0.913. The van der Waals surface area contributed by atoms with Crippen LogP contribution in [0.4, 0.5) is 5.82 Å². The number of ether oxygens (including phenoxy) is 1. The molecule has 1 N–H and O–H groups in total. The molecule has 2 atom stereocenters. The lowest BCUT2D eigenvalue weighted by molar-refractivity contribution is -0.0539. The molecule has 4 rings (SSSR count). The number of likely N-dealkylation sites (tertiary alicyclic amines) is 1. The van der Waals surface area contributed by atoms with Gasteiger partial charge in [0.15, 0.2) is 0 Å². The Morgan fingerprint density at radius 3 is 3.04 bits per heavy atom. The summed E-state index contributed by atoms with van der Waals surface area (Å²) in [6.07, 6.45) is 7.18. The molecular weight excluding hydrogens is 316 g/mol. The summed E-state index contributed by atoms with van der Waals surface area (Å²) in [4.78, 5) is 6.93. The molecule has 0 amide bonds. The minimum Gasteiger partial charge on any atom is -0.371 e. The van der Waals surface area contributed by atoms with E-state index in [-0.39, 0.29) is 5.60 Å². The molecule has 2 aromatic heterocycles. The molecule has 4 heterocycles. The van der Waals surface area contributed by atoms with Crippen molar-refractivity contribution in [3.63, 3.8) is 0 Å². The van der Waals surface area contributed by atoms with Crippen LogP contribution in [-0.4, -0.2) is 56.0 Å². The van der Waals surface area contributed by atoms with E-state index in [0.29, 0.717) is 6.04 Å². The Hall–Kier alpha value is -1.99. The number of nitrogens with zero attached hydrogens (tertiary/aromatic N) is 5. The SMILES string of the molecule is Cc1ccc(N[C@H]2CO[C@]3(CCCN(Cc4nccn4C)C3)C2)nn1. The topological polar surface area (TPSA) is 68.1 Å². The van der Waals surface area contributed by atoms with Crippen molar-refractivity contribution in [3.8, 4) is 0 Å². The van der Waals surface area contributed by atoms with Crippen molar-refractivity contribution in [1.82, 2.24) is 24.6 Å². The summed E-state index contributed by atoms with van der Waals surface area (Å²) in [6, 6.07) is 4.27. The molecule has 1 spiro atoms. The minimum absolute atomic E-state index is 0.0425. The summed E-state index contributed by atoms with van der Waals surface area (Å²) in [5, 5.41) is 11.8. The monoisotopic (exact) mass is 342 g/mol. The molecular formula is C18H26N6O. The van der Waals surface area contributed by atoms with E-state index < -0.39 is 0 Å². The molecule has 0 aliphatic carbocycles. The van der Waals surface area contributed by atoms with E-state index in [9.17, 15) is 0 Å². The van der Waals surface area contributed by atoms with E-state index in [1.807, 2.05) is 31.5 Å². The van der Waals surface area contributed by atoms with E-state index in [1.54, 1.807) is 0 Å². The highest BCUT2D eigenvalue weighted by atomic mass is 16.5. The zero-order valence-corrected chi connectivity index (χ0v) is 15.0. The van der Waals surface area contributed by atoms with Crippen LogP contribution < -0.4 is 5.32 Å². The van der Waals surface area contributed by atoms with Crippen LogP contribution in [0.1, 0.15) is 30.8 Å². The third-order valence-corrected chi connectivity index (χ3v) is 5.26. The van der Waals surface area contributed by atoms with Gasteiger partial charge in [-0.3, -0.25) is 4.90 Å². The molecule has 0 radical (unpaired) electrons. The van der Waals surface area contributed by atoms with Gasteiger partial charge in [0.25, 0.3) is 0 Å². The molecule has 0 unspecified atom stereocenters. The number of hydrogen-bond acceptors (Lipinski definition) is 6. The minimum atomic E-state index is -0.0425. The summed E-state index contributed by atoms with van der Waals surface area (Å²) >= 11 is 0. The second-order valence-corrected chi connectivity index (χ2v) is 7.37. The molecule has 0 bridgehead atoms. The first-order valence-electron chi connectivity index (χ1n) is 9.01. The molecule has 0 saturated carbocycles. The first-order chi connectivity index (χ1) is 12.1. The van der Waals surface area contributed by atoms with Crippen LogP contribution >= 0.6 is 0 Å². The fourth-order valence-corrected chi connectivity index (χ4v) is 3.98. The Labute approximate surface area is 148 Å².